The number of aromatic carboxylic acids is 1. The monoisotopic (exact) mass is 753 g/mol. The first-order valence-corrected chi connectivity index (χ1v) is 18.7. The summed E-state index contributed by atoms with van der Waals surface area (Å²) in [7, 11) is 0. The van der Waals surface area contributed by atoms with Crippen molar-refractivity contribution in [3.8, 4) is 11.1 Å². The summed E-state index contributed by atoms with van der Waals surface area (Å²) in [5, 5.41) is 12.1. The number of carbonyl (C=O) groups is 3. The number of amides is 1. The summed E-state index contributed by atoms with van der Waals surface area (Å²) in [6.45, 7) is -0.0604. The van der Waals surface area contributed by atoms with Crippen molar-refractivity contribution in [1.29, 1.82) is 0 Å². The Hall–Kier alpha value is -7.26. The minimum Gasteiger partial charge on any atom is -0.478 e. The maximum absolute atomic E-state index is 13.9. The molecule has 0 fully saturated rings. The molecule has 1 aromatic heterocycles. The normalized spacial score (nSPS) is 12.6. The van der Waals surface area contributed by atoms with Crippen molar-refractivity contribution >= 4 is 18.0 Å². The number of rotatable bonds is 13. The number of alkyl carbamates (subject to hydrolysis) is 1. The molecule has 57 heavy (non-hydrogen) atoms. The molecule has 0 bridgehead atoms. The lowest BCUT2D eigenvalue weighted by Gasteiger charge is -2.37. The Morgan fingerprint density at radius 1 is 0.667 bits per heavy atom. The van der Waals surface area contributed by atoms with Crippen LogP contribution in [-0.4, -0.2) is 45.3 Å². The van der Waals surface area contributed by atoms with E-state index in [0.29, 0.717) is 11.3 Å². The van der Waals surface area contributed by atoms with Crippen LogP contribution in [0.25, 0.3) is 11.1 Å². The molecular weight excluding hydrogens is 715 g/mol. The number of nitrogens with one attached hydrogen (secondary N) is 1. The van der Waals surface area contributed by atoms with Crippen LogP contribution in [0.3, 0.4) is 0 Å². The minimum absolute atomic E-state index is 0.00241. The molecule has 1 aliphatic rings. The van der Waals surface area contributed by atoms with Gasteiger partial charge in [-0.15, -0.1) is 0 Å². The zero-order valence-electron chi connectivity index (χ0n) is 30.9. The highest BCUT2D eigenvalue weighted by molar-refractivity contribution is 5.87. The minimum atomic E-state index is -1.16. The van der Waals surface area contributed by atoms with Crippen molar-refractivity contribution in [3.05, 3.63) is 221 Å². The second kappa shape index (κ2) is 16.2. The largest absolute Gasteiger partial charge is 0.478 e. The van der Waals surface area contributed by atoms with Crippen molar-refractivity contribution in [2.24, 2.45) is 0 Å². The van der Waals surface area contributed by atoms with Gasteiger partial charge in [0.25, 0.3) is 0 Å². The van der Waals surface area contributed by atoms with Crippen LogP contribution >= 0.6 is 0 Å². The van der Waals surface area contributed by atoms with Crippen LogP contribution in [0, 0.1) is 0 Å². The topological polar surface area (TPSA) is 120 Å². The first kappa shape index (κ1) is 36.7. The zero-order chi connectivity index (χ0) is 39.2. The molecule has 0 spiro atoms. The Morgan fingerprint density at radius 3 is 1.70 bits per heavy atom. The molecule has 282 valence electrons. The zero-order valence-corrected chi connectivity index (χ0v) is 30.9. The highest BCUT2D eigenvalue weighted by Crippen LogP contribution is 2.45. The van der Waals surface area contributed by atoms with Gasteiger partial charge in [0.2, 0.25) is 0 Å². The van der Waals surface area contributed by atoms with E-state index in [2.05, 4.69) is 53.8 Å². The van der Waals surface area contributed by atoms with Gasteiger partial charge in [-0.1, -0.05) is 152 Å². The fourth-order valence-corrected chi connectivity index (χ4v) is 7.82. The number of hydrogen-bond acceptors (Lipinski definition) is 6. The van der Waals surface area contributed by atoms with E-state index in [9.17, 15) is 19.5 Å². The van der Waals surface area contributed by atoms with Crippen LogP contribution in [0.15, 0.2) is 176 Å². The summed E-state index contributed by atoms with van der Waals surface area (Å²) in [6.07, 6.45) is 2.89. The molecule has 0 saturated heterocycles. The number of esters is 1. The van der Waals surface area contributed by atoms with Gasteiger partial charge in [0.05, 0.1) is 17.6 Å². The number of imidazole rings is 1. The fraction of sp³-hybridized carbons (Fsp3) is 0.125. The Bertz CT molecular complexity index is 2360. The van der Waals surface area contributed by atoms with Gasteiger partial charge in [0.15, 0.2) is 0 Å². The molecule has 7 aromatic rings. The summed E-state index contributed by atoms with van der Waals surface area (Å²) in [5.74, 6) is -1.91. The van der Waals surface area contributed by atoms with Gasteiger partial charge in [-0.25, -0.2) is 19.4 Å². The molecule has 1 heterocycles. The van der Waals surface area contributed by atoms with E-state index in [1.165, 1.54) is 12.1 Å². The van der Waals surface area contributed by atoms with E-state index >= 15 is 0 Å². The molecule has 0 saturated carbocycles. The summed E-state index contributed by atoms with van der Waals surface area (Å²) >= 11 is 0. The Morgan fingerprint density at radius 2 is 1.18 bits per heavy atom. The van der Waals surface area contributed by atoms with Crippen LogP contribution < -0.4 is 5.32 Å². The number of hydrogen-bond donors (Lipinski definition) is 2. The molecule has 8 rings (SSSR count). The summed E-state index contributed by atoms with van der Waals surface area (Å²) in [4.78, 5) is 43.6. The Labute approximate surface area is 330 Å². The second-order valence-corrected chi connectivity index (χ2v) is 13.9. The Kier molecular flexibility index (Phi) is 10.4. The van der Waals surface area contributed by atoms with Crippen molar-refractivity contribution in [2.45, 2.75) is 30.5 Å². The number of aromatic nitrogens is 2. The summed E-state index contributed by atoms with van der Waals surface area (Å²) in [6, 6.07) is 51.5. The van der Waals surface area contributed by atoms with Crippen molar-refractivity contribution in [3.63, 3.8) is 0 Å². The first-order valence-electron chi connectivity index (χ1n) is 18.7. The lowest BCUT2D eigenvalue weighted by Crippen LogP contribution is -2.44. The van der Waals surface area contributed by atoms with Crippen LogP contribution in [0.4, 0.5) is 4.79 Å². The van der Waals surface area contributed by atoms with Crippen molar-refractivity contribution in [1.82, 2.24) is 14.9 Å². The van der Waals surface area contributed by atoms with Gasteiger partial charge < -0.3 is 24.5 Å². The number of carbonyl (C=O) groups excluding carboxylic acids is 2. The smallest absolute Gasteiger partial charge is 0.407 e. The van der Waals surface area contributed by atoms with E-state index in [-0.39, 0.29) is 31.1 Å². The lowest BCUT2D eigenvalue weighted by atomic mass is 9.77. The van der Waals surface area contributed by atoms with Crippen LogP contribution in [-0.2, 0) is 32.8 Å². The highest BCUT2D eigenvalue weighted by Gasteiger charge is 2.39. The number of benzene rings is 6. The number of fused-ring (bicyclic) bond motifs is 3. The molecular formula is C48H39N3O6. The van der Waals surface area contributed by atoms with Crippen LogP contribution in [0.1, 0.15) is 55.4 Å². The van der Waals surface area contributed by atoms with E-state index in [1.54, 1.807) is 18.5 Å². The van der Waals surface area contributed by atoms with E-state index in [0.717, 1.165) is 38.9 Å². The second-order valence-electron chi connectivity index (χ2n) is 13.9. The third-order valence-corrected chi connectivity index (χ3v) is 10.5. The average molecular weight is 754 g/mol. The molecule has 0 radical (unpaired) electrons. The van der Waals surface area contributed by atoms with E-state index in [1.807, 2.05) is 102 Å². The predicted octanol–water partition coefficient (Wildman–Crippen LogP) is 8.61. The fourth-order valence-electron chi connectivity index (χ4n) is 7.82. The Balaban J connectivity index is 1.08. The average Bonchev–Trinajstić information content (AvgIpc) is 3.86. The third kappa shape index (κ3) is 7.43. The van der Waals surface area contributed by atoms with Gasteiger partial charge in [0, 0.05) is 18.5 Å². The first-order chi connectivity index (χ1) is 27.9. The molecule has 9 nitrogen and oxygen atoms in total. The molecule has 2 N–H and O–H groups in total. The van der Waals surface area contributed by atoms with E-state index < -0.39 is 29.6 Å². The SMILES string of the molecule is O=C(N[C@@H](Cc1cn(C(c2ccccc2)(c2ccccc2)c2ccccc2)cn1)C(=O)OCc1ccc(C(=O)O)cc1)OCC1c2ccccc2-c2ccccc21. The third-order valence-electron chi connectivity index (χ3n) is 10.5. The molecule has 1 aliphatic carbocycles. The molecule has 1 amide bonds. The van der Waals surface area contributed by atoms with Gasteiger partial charge >= 0.3 is 18.0 Å². The van der Waals surface area contributed by atoms with Crippen molar-refractivity contribution in [2.75, 3.05) is 6.61 Å². The molecule has 0 aliphatic heterocycles. The van der Waals surface area contributed by atoms with Gasteiger partial charge in [0.1, 0.15) is 24.8 Å². The van der Waals surface area contributed by atoms with Crippen LogP contribution in [0.5, 0.6) is 0 Å². The highest BCUT2D eigenvalue weighted by atomic mass is 16.6. The van der Waals surface area contributed by atoms with Crippen LogP contribution in [0.2, 0.25) is 0 Å². The van der Waals surface area contributed by atoms with E-state index in [4.69, 9.17) is 14.5 Å². The van der Waals surface area contributed by atoms with Gasteiger partial charge in [-0.2, -0.15) is 0 Å². The van der Waals surface area contributed by atoms with Gasteiger partial charge in [-0.3, -0.25) is 0 Å². The standard InChI is InChI=1S/C48H39N3O6/c52-45(53)34-26-24-33(25-27-34)30-56-46(54)44(50-47(55)57-31-43-41-22-12-10-20-39(41)40-21-11-13-23-42(40)43)28-38-29-51(32-49-38)48(35-14-4-1-5-15-35,36-16-6-2-7-17-36)37-18-8-3-9-19-37/h1-27,29,32,43-44H,28,30-31H2,(H,50,55)(H,52,53)/t44-/m0/s1. The summed E-state index contributed by atoms with van der Waals surface area (Å²) < 4.78 is 13.6. The number of carboxylic acid groups (broad SMARTS) is 1. The number of carboxylic acids is 1. The number of nitrogens with zero attached hydrogens (tertiary/aromatic N) is 2. The lowest BCUT2D eigenvalue weighted by molar-refractivity contribution is -0.147. The van der Waals surface area contributed by atoms with Gasteiger partial charge in [-0.05, 0) is 56.6 Å². The van der Waals surface area contributed by atoms with Crippen molar-refractivity contribution < 1.29 is 29.0 Å². The summed E-state index contributed by atoms with van der Waals surface area (Å²) in [5.41, 5.74) is 7.79. The molecule has 6 aromatic carbocycles. The molecule has 9 heteroatoms. The molecule has 1 atom stereocenters. The predicted molar refractivity (Wildman–Crippen MR) is 216 cm³/mol. The maximum atomic E-state index is 13.9. The number of ether oxygens (including phenoxy) is 2. The molecule has 0 unspecified atom stereocenters. The quantitative estimate of drug-likeness (QED) is 0.0894. The maximum Gasteiger partial charge on any atom is 0.407 e.